The Morgan fingerprint density at radius 3 is 2.65 bits per heavy atom. The maximum absolute atomic E-state index is 12.1. The van der Waals surface area contributed by atoms with Crippen molar-refractivity contribution < 1.29 is 19.0 Å². The first-order chi connectivity index (χ1) is 10.7. The highest BCUT2D eigenvalue weighted by molar-refractivity contribution is 5.85. The van der Waals surface area contributed by atoms with Crippen LogP contribution in [-0.2, 0) is 9.53 Å². The molecule has 0 bridgehead atoms. The van der Waals surface area contributed by atoms with E-state index < -0.39 is 0 Å². The number of nitrogens with one attached hydrogen (secondary N) is 1. The zero-order valence-electron chi connectivity index (χ0n) is 13.5. The predicted octanol–water partition coefficient (Wildman–Crippen LogP) is 1.81. The summed E-state index contributed by atoms with van der Waals surface area (Å²) < 4.78 is 16.2. The van der Waals surface area contributed by atoms with Crippen molar-refractivity contribution in [2.24, 2.45) is 5.73 Å². The summed E-state index contributed by atoms with van der Waals surface area (Å²) in [4.78, 5) is 12.1. The number of carbonyl (C=O) groups is 1. The molecule has 7 heteroatoms. The molecule has 1 aliphatic heterocycles. The molecule has 23 heavy (non-hydrogen) atoms. The summed E-state index contributed by atoms with van der Waals surface area (Å²) in [7, 11) is 1.56. The Bertz CT molecular complexity index is 509. The van der Waals surface area contributed by atoms with Gasteiger partial charge in [0, 0.05) is 13.7 Å². The van der Waals surface area contributed by atoms with Crippen LogP contribution in [0.1, 0.15) is 31.4 Å². The Morgan fingerprint density at radius 2 is 2.04 bits per heavy atom. The Morgan fingerprint density at radius 1 is 1.35 bits per heavy atom. The molecule has 130 valence electrons. The lowest BCUT2D eigenvalue weighted by molar-refractivity contribution is -0.124. The minimum atomic E-state index is -0.252. The van der Waals surface area contributed by atoms with Gasteiger partial charge in [0.1, 0.15) is 13.2 Å². The number of rotatable bonds is 7. The van der Waals surface area contributed by atoms with Gasteiger partial charge in [-0.25, -0.2) is 0 Å². The third-order valence-electron chi connectivity index (χ3n) is 3.72. The van der Waals surface area contributed by atoms with Crippen molar-refractivity contribution in [3.05, 3.63) is 23.8 Å². The summed E-state index contributed by atoms with van der Waals surface area (Å²) in [6.07, 6.45) is 0.789. The van der Waals surface area contributed by atoms with E-state index in [0.717, 1.165) is 23.5 Å². The van der Waals surface area contributed by atoms with E-state index in [1.165, 1.54) is 0 Å². The van der Waals surface area contributed by atoms with Gasteiger partial charge in [-0.2, -0.15) is 0 Å². The van der Waals surface area contributed by atoms with Gasteiger partial charge in [0.25, 0.3) is 0 Å². The zero-order chi connectivity index (χ0) is 15.9. The van der Waals surface area contributed by atoms with Gasteiger partial charge < -0.3 is 25.3 Å². The van der Waals surface area contributed by atoms with Crippen molar-refractivity contribution in [2.45, 2.75) is 31.9 Å². The molecule has 0 saturated carbocycles. The summed E-state index contributed by atoms with van der Waals surface area (Å²) in [5.41, 5.74) is 6.55. The van der Waals surface area contributed by atoms with Gasteiger partial charge in [-0.1, -0.05) is 13.0 Å². The molecule has 0 aliphatic carbocycles. The summed E-state index contributed by atoms with van der Waals surface area (Å²) >= 11 is 0. The molecular weight excluding hydrogens is 320 g/mol. The first-order valence-electron chi connectivity index (χ1n) is 7.59. The SMILES string of the molecule is CCC(NC(=O)CC(CN)OC)c1ccc2c(c1)OCCO2.Cl. The third kappa shape index (κ3) is 5.27. The monoisotopic (exact) mass is 344 g/mol. The molecule has 1 aromatic rings. The third-order valence-corrected chi connectivity index (χ3v) is 3.72. The minimum Gasteiger partial charge on any atom is -0.486 e. The summed E-state index contributed by atoms with van der Waals surface area (Å²) in [5.74, 6) is 1.41. The van der Waals surface area contributed by atoms with Gasteiger partial charge >= 0.3 is 0 Å². The van der Waals surface area contributed by atoms with E-state index in [1.54, 1.807) is 7.11 Å². The molecule has 2 atom stereocenters. The van der Waals surface area contributed by atoms with Crippen LogP contribution in [0.3, 0.4) is 0 Å². The number of methoxy groups -OCH3 is 1. The van der Waals surface area contributed by atoms with Gasteiger partial charge in [-0.3, -0.25) is 4.79 Å². The average molecular weight is 345 g/mol. The number of carbonyl (C=O) groups excluding carboxylic acids is 1. The van der Waals surface area contributed by atoms with Gasteiger partial charge in [-0.05, 0) is 24.1 Å². The van der Waals surface area contributed by atoms with Crippen LogP contribution in [0.25, 0.3) is 0 Å². The van der Waals surface area contributed by atoms with E-state index in [4.69, 9.17) is 19.9 Å². The van der Waals surface area contributed by atoms with Crippen LogP contribution in [0.15, 0.2) is 18.2 Å². The maximum Gasteiger partial charge on any atom is 0.223 e. The molecule has 0 aromatic heterocycles. The molecule has 0 radical (unpaired) electrons. The number of amides is 1. The van der Waals surface area contributed by atoms with Gasteiger partial charge in [0.15, 0.2) is 11.5 Å². The van der Waals surface area contributed by atoms with Crippen molar-refractivity contribution >= 4 is 18.3 Å². The predicted molar refractivity (Wildman–Crippen MR) is 90.3 cm³/mol. The van der Waals surface area contributed by atoms with Crippen molar-refractivity contribution in [2.75, 3.05) is 26.9 Å². The van der Waals surface area contributed by atoms with E-state index in [0.29, 0.717) is 19.8 Å². The van der Waals surface area contributed by atoms with Crippen molar-refractivity contribution in [1.82, 2.24) is 5.32 Å². The van der Waals surface area contributed by atoms with Crippen LogP contribution < -0.4 is 20.5 Å². The number of halogens is 1. The normalized spacial score (nSPS) is 15.3. The number of fused-ring (bicyclic) bond motifs is 1. The molecule has 1 aliphatic rings. The van der Waals surface area contributed by atoms with E-state index in [1.807, 2.05) is 25.1 Å². The lowest BCUT2D eigenvalue weighted by atomic mass is 10.0. The molecule has 1 amide bonds. The molecule has 0 saturated heterocycles. The van der Waals surface area contributed by atoms with Crippen LogP contribution in [0, 0.1) is 0 Å². The summed E-state index contributed by atoms with van der Waals surface area (Å²) in [6.45, 7) is 3.46. The molecule has 6 nitrogen and oxygen atoms in total. The Labute approximate surface area is 143 Å². The molecule has 1 heterocycles. The Kier molecular flexibility index (Phi) is 8.16. The van der Waals surface area contributed by atoms with Gasteiger partial charge in [-0.15, -0.1) is 12.4 Å². The fraction of sp³-hybridized carbons (Fsp3) is 0.562. The molecule has 3 N–H and O–H groups in total. The summed E-state index contributed by atoms with van der Waals surface area (Å²) in [6, 6.07) is 5.70. The second-order valence-electron chi connectivity index (χ2n) is 5.23. The second-order valence-corrected chi connectivity index (χ2v) is 5.23. The highest BCUT2D eigenvalue weighted by Crippen LogP contribution is 2.33. The van der Waals surface area contributed by atoms with Crippen LogP contribution in [-0.4, -0.2) is 38.9 Å². The molecular formula is C16H25ClN2O4. The van der Waals surface area contributed by atoms with E-state index >= 15 is 0 Å². The molecule has 0 spiro atoms. The minimum absolute atomic E-state index is 0. The van der Waals surface area contributed by atoms with Crippen LogP contribution in [0.4, 0.5) is 0 Å². The van der Waals surface area contributed by atoms with Crippen LogP contribution >= 0.6 is 12.4 Å². The quantitative estimate of drug-likeness (QED) is 0.788. The standard InChI is InChI=1S/C16H24N2O4.ClH/c1-3-13(18-16(19)9-12(10-17)20-2)11-4-5-14-15(8-11)22-7-6-21-14;/h4-5,8,12-13H,3,6-7,9-10,17H2,1-2H3,(H,18,19);1H. The maximum atomic E-state index is 12.1. The van der Waals surface area contributed by atoms with Gasteiger partial charge in [0.2, 0.25) is 5.91 Å². The number of nitrogens with two attached hydrogens (primary N) is 1. The highest BCUT2D eigenvalue weighted by Gasteiger charge is 2.19. The molecule has 0 fully saturated rings. The topological polar surface area (TPSA) is 82.8 Å². The Balaban J connectivity index is 0.00000264. The fourth-order valence-electron chi connectivity index (χ4n) is 2.42. The van der Waals surface area contributed by atoms with Crippen LogP contribution in [0.5, 0.6) is 11.5 Å². The van der Waals surface area contributed by atoms with E-state index in [2.05, 4.69) is 5.32 Å². The smallest absolute Gasteiger partial charge is 0.223 e. The molecule has 2 rings (SSSR count). The Hall–Kier alpha value is -1.50. The van der Waals surface area contributed by atoms with Gasteiger partial charge in [0.05, 0.1) is 18.6 Å². The number of ether oxygens (including phenoxy) is 3. The largest absolute Gasteiger partial charge is 0.486 e. The number of hydrogen-bond acceptors (Lipinski definition) is 5. The molecule has 1 aromatic carbocycles. The number of benzene rings is 1. The summed E-state index contributed by atoms with van der Waals surface area (Å²) in [5, 5.41) is 3.02. The van der Waals surface area contributed by atoms with Crippen molar-refractivity contribution in [3.63, 3.8) is 0 Å². The average Bonchev–Trinajstić information content (AvgIpc) is 2.57. The highest BCUT2D eigenvalue weighted by atomic mass is 35.5. The first-order valence-corrected chi connectivity index (χ1v) is 7.59. The molecule has 2 unspecified atom stereocenters. The fourth-order valence-corrected chi connectivity index (χ4v) is 2.42. The zero-order valence-corrected chi connectivity index (χ0v) is 14.4. The second kappa shape index (κ2) is 9.60. The first kappa shape index (κ1) is 19.5. The lowest BCUT2D eigenvalue weighted by Crippen LogP contribution is -2.34. The number of hydrogen-bond donors (Lipinski definition) is 2. The van der Waals surface area contributed by atoms with Crippen molar-refractivity contribution in [1.29, 1.82) is 0 Å². The van der Waals surface area contributed by atoms with E-state index in [-0.39, 0.29) is 36.9 Å². The van der Waals surface area contributed by atoms with E-state index in [9.17, 15) is 4.79 Å². The van der Waals surface area contributed by atoms with Crippen LogP contribution in [0.2, 0.25) is 0 Å². The lowest BCUT2D eigenvalue weighted by Gasteiger charge is -2.23. The van der Waals surface area contributed by atoms with Crippen molar-refractivity contribution in [3.8, 4) is 11.5 Å².